The minimum absolute atomic E-state index is 0.0291. The summed E-state index contributed by atoms with van der Waals surface area (Å²) in [5, 5.41) is 2.86. The molecule has 2 aromatic carbocycles. The van der Waals surface area contributed by atoms with Crippen molar-refractivity contribution in [2.24, 2.45) is 4.40 Å². The SMILES string of the molecule is O=C(CN1C=NS(=O)(=O)c2ccccc21)NCCCc1ccccc1. The molecule has 1 aliphatic heterocycles. The molecule has 1 heterocycles. The number of nitrogens with zero attached hydrogens (tertiary/aromatic N) is 2. The number of anilines is 1. The second-order valence-electron chi connectivity index (χ2n) is 5.73. The lowest BCUT2D eigenvalue weighted by Crippen LogP contribution is -2.39. The number of fused-ring (bicyclic) bond motifs is 1. The normalized spacial score (nSPS) is 14.8. The zero-order valence-electron chi connectivity index (χ0n) is 13.6. The number of rotatable bonds is 6. The van der Waals surface area contributed by atoms with Crippen molar-refractivity contribution in [3.63, 3.8) is 0 Å². The van der Waals surface area contributed by atoms with Gasteiger partial charge in [0.25, 0.3) is 10.0 Å². The van der Waals surface area contributed by atoms with Crippen molar-refractivity contribution in [1.29, 1.82) is 0 Å². The van der Waals surface area contributed by atoms with E-state index in [0.29, 0.717) is 12.2 Å². The van der Waals surface area contributed by atoms with Crippen LogP contribution >= 0.6 is 0 Å². The second-order valence-corrected chi connectivity index (χ2v) is 7.33. The summed E-state index contributed by atoms with van der Waals surface area (Å²) in [5.74, 6) is -0.173. The van der Waals surface area contributed by atoms with Crippen LogP contribution in [-0.4, -0.2) is 33.8 Å². The van der Waals surface area contributed by atoms with E-state index in [1.54, 1.807) is 23.1 Å². The van der Waals surface area contributed by atoms with Gasteiger partial charge in [0.05, 0.1) is 5.69 Å². The van der Waals surface area contributed by atoms with Gasteiger partial charge in [-0.2, -0.15) is 8.42 Å². The van der Waals surface area contributed by atoms with Gasteiger partial charge in [0.2, 0.25) is 5.91 Å². The molecule has 7 heteroatoms. The highest BCUT2D eigenvalue weighted by molar-refractivity contribution is 7.90. The van der Waals surface area contributed by atoms with Crippen molar-refractivity contribution in [2.75, 3.05) is 18.0 Å². The van der Waals surface area contributed by atoms with Gasteiger partial charge in [-0.1, -0.05) is 42.5 Å². The molecule has 1 amide bonds. The highest BCUT2D eigenvalue weighted by Gasteiger charge is 2.25. The number of para-hydroxylation sites is 1. The third-order valence-electron chi connectivity index (χ3n) is 3.90. The molecule has 1 N–H and O–H groups in total. The van der Waals surface area contributed by atoms with Crippen molar-refractivity contribution < 1.29 is 13.2 Å². The Bertz CT molecular complexity index is 879. The Balaban J connectivity index is 1.53. The van der Waals surface area contributed by atoms with Crippen molar-refractivity contribution in [1.82, 2.24) is 5.32 Å². The van der Waals surface area contributed by atoms with Crippen LogP contribution in [-0.2, 0) is 21.2 Å². The van der Waals surface area contributed by atoms with Crippen molar-refractivity contribution >= 4 is 28.0 Å². The minimum Gasteiger partial charge on any atom is -0.355 e. The van der Waals surface area contributed by atoms with E-state index in [1.807, 2.05) is 18.2 Å². The van der Waals surface area contributed by atoms with Gasteiger partial charge >= 0.3 is 0 Å². The number of carbonyl (C=O) groups excluding carboxylic acids is 1. The summed E-state index contributed by atoms with van der Waals surface area (Å²) in [7, 11) is -3.67. The van der Waals surface area contributed by atoms with Crippen LogP contribution in [0.2, 0.25) is 0 Å². The smallest absolute Gasteiger partial charge is 0.285 e. The standard InChI is InChI=1S/C18H19N3O3S/c22-18(19-12-6-9-15-7-2-1-3-8-15)13-21-14-20-25(23,24)17-11-5-4-10-16(17)21/h1-5,7-8,10-11,14H,6,9,12-13H2,(H,19,22). The number of benzene rings is 2. The second kappa shape index (κ2) is 7.48. The first-order valence-corrected chi connectivity index (χ1v) is 9.47. The van der Waals surface area contributed by atoms with E-state index in [4.69, 9.17) is 0 Å². The topological polar surface area (TPSA) is 78.8 Å². The van der Waals surface area contributed by atoms with Gasteiger partial charge < -0.3 is 10.2 Å². The monoisotopic (exact) mass is 357 g/mol. The Morgan fingerprint density at radius 1 is 1.04 bits per heavy atom. The van der Waals surface area contributed by atoms with E-state index in [0.717, 1.165) is 12.8 Å². The van der Waals surface area contributed by atoms with Crippen LogP contribution in [0.3, 0.4) is 0 Å². The quantitative estimate of drug-likeness (QED) is 0.802. The fourth-order valence-electron chi connectivity index (χ4n) is 2.65. The van der Waals surface area contributed by atoms with Crippen LogP contribution in [0.25, 0.3) is 0 Å². The first-order chi connectivity index (χ1) is 12.1. The average molecular weight is 357 g/mol. The lowest BCUT2D eigenvalue weighted by molar-refractivity contribution is -0.119. The lowest BCUT2D eigenvalue weighted by atomic mass is 10.1. The average Bonchev–Trinajstić information content (AvgIpc) is 2.62. The van der Waals surface area contributed by atoms with Crippen LogP contribution in [0.1, 0.15) is 12.0 Å². The van der Waals surface area contributed by atoms with Crippen LogP contribution in [0, 0.1) is 0 Å². The molecule has 3 rings (SSSR count). The van der Waals surface area contributed by atoms with E-state index < -0.39 is 10.0 Å². The summed E-state index contributed by atoms with van der Waals surface area (Å²) in [6.07, 6.45) is 2.93. The predicted molar refractivity (Wildman–Crippen MR) is 97.2 cm³/mol. The predicted octanol–water partition coefficient (Wildman–Crippen LogP) is 1.97. The molecule has 0 radical (unpaired) electrons. The van der Waals surface area contributed by atoms with Crippen molar-refractivity contribution in [3.8, 4) is 0 Å². The summed E-state index contributed by atoms with van der Waals surface area (Å²) >= 11 is 0. The highest BCUT2D eigenvalue weighted by Crippen LogP contribution is 2.28. The van der Waals surface area contributed by atoms with Crippen molar-refractivity contribution in [2.45, 2.75) is 17.7 Å². The minimum atomic E-state index is -3.67. The van der Waals surface area contributed by atoms with Gasteiger partial charge in [-0.15, -0.1) is 4.40 Å². The van der Waals surface area contributed by atoms with E-state index in [1.165, 1.54) is 18.0 Å². The molecule has 0 aromatic heterocycles. The molecule has 130 valence electrons. The molecule has 2 aromatic rings. The van der Waals surface area contributed by atoms with Crippen LogP contribution in [0.4, 0.5) is 5.69 Å². The fraction of sp³-hybridized carbons (Fsp3) is 0.222. The molecular weight excluding hydrogens is 338 g/mol. The van der Waals surface area contributed by atoms with Gasteiger partial charge in [0.1, 0.15) is 17.8 Å². The number of sulfonamides is 1. The Labute approximate surface area is 147 Å². The Morgan fingerprint density at radius 3 is 2.56 bits per heavy atom. The van der Waals surface area contributed by atoms with E-state index in [-0.39, 0.29) is 17.3 Å². The summed E-state index contributed by atoms with van der Waals surface area (Å²) in [5.41, 5.74) is 1.70. The molecule has 0 atom stereocenters. The Morgan fingerprint density at radius 2 is 1.76 bits per heavy atom. The molecule has 0 unspecified atom stereocenters. The lowest BCUT2D eigenvalue weighted by Gasteiger charge is -2.24. The molecular formula is C18H19N3O3S. The van der Waals surface area contributed by atoms with Gasteiger partial charge in [-0.3, -0.25) is 4.79 Å². The zero-order chi connectivity index (χ0) is 17.7. The number of amides is 1. The molecule has 0 saturated heterocycles. The maximum Gasteiger partial charge on any atom is 0.285 e. The van der Waals surface area contributed by atoms with E-state index in [2.05, 4.69) is 21.8 Å². The molecule has 0 aliphatic carbocycles. The largest absolute Gasteiger partial charge is 0.355 e. The number of hydrogen-bond donors (Lipinski definition) is 1. The summed E-state index contributed by atoms with van der Waals surface area (Å²) in [6.45, 7) is 0.597. The fourth-order valence-corrected chi connectivity index (χ4v) is 3.70. The zero-order valence-corrected chi connectivity index (χ0v) is 14.4. The van der Waals surface area contributed by atoms with Gasteiger partial charge in [0.15, 0.2) is 0 Å². The first-order valence-electron chi connectivity index (χ1n) is 8.03. The summed E-state index contributed by atoms with van der Waals surface area (Å²) < 4.78 is 27.4. The Hall–Kier alpha value is -2.67. The molecule has 0 saturated carbocycles. The maximum atomic E-state index is 12.1. The number of hydrogen-bond acceptors (Lipinski definition) is 4. The molecule has 6 nitrogen and oxygen atoms in total. The molecule has 1 aliphatic rings. The van der Waals surface area contributed by atoms with Gasteiger partial charge in [-0.05, 0) is 30.5 Å². The molecule has 25 heavy (non-hydrogen) atoms. The number of carbonyl (C=O) groups is 1. The van der Waals surface area contributed by atoms with E-state index in [9.17, 15) is 13.2 Å². The number of aryl methyl sites for hydroxylation is 1. The van der Waals surface area contributed by atoms with Crippen LogP contribution in [0.5, 0.6) is 0 Å². The molecule has 0 fully saturated rings. The molecule has 0 bridgehead atoms. The highest BCUT2D eigenvalue weighted by atomic mass is 32.2. The van der Waals surface area contributed by atoms with Crippen molar-refractivity contribution in [3.05, 3.63) is 60.2 Å². The third-order valence-corrected chi connectivity index (χ3v) is 5.17. The third kappa shape index (κ3) is 4.24. The summed E-state index contributed by atoms with van der Waals surface area (Å²) in [4.78, 5) is 13.8. The van der Waals surface area contributed by atoms with E-state index >= 15 is 0 Å². The Kier molecular flexibility index (Phi) is 5.14. The maximum absolute atomic E-state index is 12.1. The summed E-state index contributed by atoms with van der Waals surface area (Å²) in [6, 6.07) is 16.6. The van der Waals surface area contributed by atoms with Gasteiger partial charge in [-0.25, -0.2) is 0 Å². The van der Waals surface area contributed by atoms with Gasteiger partial charge in [0, 0.05) is 6.54 Å². The van der Waals surface area contributed by atoms with Crippen LogP contribution < -0.4 is 10.2 Å². The number of nitrogens with one attached hydrogen (secondary N) is 1. The first kappa shape index (κ1) is 17.2. The molecule has 0 spiro atoms. The van der Waals surface area contributed by atoms with Crippen LogP contribution in [0.15, 0.2) is 63.9 Å².